The second kappa shape index (κ2) is 9.09. The molecular formula is C15H22N2O3. The van der Waals surface area contributed by atoms with Crippen molar-refractivity contribution < 1.29 is 14.3 Å². The number of benzene rings is 1. The highest BCUT2D eigenvalue weighted by atomic mass is 16.5. The summed E-state index contributed by atoms with van der Waals surface area (Å²) >= 11 is 0. The van der Waals surface area contributed by atoms with Gasteiger partial charge in [0.2, 0.25) is 11.8 Å². The van der Waals surface area contributed by atoms with Gasteiger partial charge in [0, 0.05) is 45.8 Å². The molecule has 0 saturated heterocycles. The Hall–Kier alpha value is -1.88. The van der Waals surface area contributed by atoms with E-state index in [0.717, 1.165) is 12.1 Å². The average molecular weight is 278 g/mol. The van der Waals surface area contributed by atoms with Gasteiger partial charge in [-0.05, 0) is 18.6 Å². The van der Waals surface area contributed by atoms with Crippen molar-refractivity contribution >= 4 is 17.5 Å². The Labute approximate surface area is 119 Å². The largest absolute Gasteiger partial charge is 0.385 e. The van der Waals surface area contributed by atoms with E-state index in [-0.39, 0.29) is 11.8 Å². The van der Waals surface area contributed by atoms with E-state index in [0.29, 0.717) is 26.1 Å². The third-order valence-corrected chi connectivity index (χ3v) is 2.89. The number of amides is 2. The normalized spacial score (nSPS) is 10.1. The molecule has 2 amide bonds. The third-order valence-electron chi connectivity index (χ3n) is 2.89. The van der Waals surface area contributed by atoms with Crippen molar-refractivity contribution in [2.45, 2.75) is 19.8 Å². The number of anilines is 1. The number of hydrogen-bond acceptors (Lipinski definition) is 3. The number of para-hydroxylation sites is 1. The van der Waals surface area contributed by atoms with E-state index in [1.165, 1.54) is 6.92 Å². The highest BCUT2D eigenvalue weighted by Gasteiger charge is 2.10. The lowest BCUT2D eigenvalue weighted by atomic mass is 10.3. The maximum atomic E-state index is 11.8. The summed E-state index contributed by atoms with van der Waals surface area (Å²) in [4.78, 5) is 24.9. The maximum absolute atomic E-state index is 11.8. The van der Waals surface area contributed by atoms with Crippen molar-refractivity contribution in [1.82, 2.24) is 4.90 Å². The predicted octanol–water partition coefficient (Wildman–Crippen LogP) is 1.90. The Balaban J connectivity index is 2.35. The van der Waals surface area contributed by atoms with Crippen molar-refractivity contribution in [3.63, 3.8) is 0 Å². The molecule has 1 rings (SSSR count). The minimum Gasteiger partial charge on any atom is -0.385 e. The van der Waals surface area contributed by atoms with Crippen LogP contribution in [0.5, 0.6) is 0 Å². The number of nitrogens with one attached hydrogen (secondary N) is 1. The van der Waals surface area contributed by atoms with Gasteiger partial charge in [-0.1, -0.05) is 18.2 Å². The standard InChI is InChI=1S/C15H22N2O3/c1-13(18)17(10-6-12-20-2)11-9-15(19)16-14-7-4-3-5-8-14/h3-5,7-8H,6,9-12H2,1-2H3,(H,16,19). The summed E-state index contributed by atoms with van der Waals surface area (Å²) in [5.74, 6) is -0.109. The van der Waals surface area contributed by atoms with Crippen molar-refractivity contribution in [3.8, 4) is 0 Å². The highest BCUT2D eigenvalue weighted by molar-refractivity contribution is 5.91. The van der Waals surface area contributed by atoms with Crippen LogP contribution in [0.4, 0.5) is 5.69 Å². The number of ether oxygens (including phenoxy) is 1. The van der Waals surface area contributed by atoms with Crippen LogP contribution >= 0.6 is 0 Å². The first-order chi connectivity index (χ1) is 9.63. The van der Waals surface area contributed by atoms with Gasteiger partial charge in [-0.2, -0.15) is 0 Å². The molecule has 0 fully saturated rings. The Morgan fingerprint density at radius 1 is 1.20 bits per heavy atom. The fourth-order valence-corrected chi connectivity index (χ4v) is 1.81. The SMILES string of the molecule is COCCCN(CCC(=O)Nc1ccccc1)C(C)=O. The van der Waals surface area contributed by atoms with E-state index in [9.17, 15) is 9.59 Å². The zero-order valence-corrected chi connectivity index (χ0v) is 12.1. The molecule has 110 valence electrons. The molecule has 1 aromatic carbocycles. The number of nitrogens with zero attached hydrogens (tertiary/aromatic N) is 1. The molecule has 20 heavy (non-hydrogen) atoms. The van der Waals surface area contributed by atoms with E-state index < -0.39 is 0 Å². The van der Waals surface area contributed by atoms with Crippen LogP contribution in [0, 0.1) is 0 Å². The Bertz CT molecular complexity index is 420. The molecule has 0 saturated carbocycles. The monoisotopic (exact) mass is 278 g/mol. The van der Waals surface area contributed by atoms with E-state index in [1.807, 2.05) is 30.3 Å². The number of hydrogen-bond donors (Lipinski definition) is 1. The van der Waals surface area contributed by atoms with Gasteiger partial charge in [0.15, 0.2) is 0 Å². The van der Waals surface area contributed by atoms with Gasteiger partial charge >= 0.3 is 0 Å². The van der Waals surface area contributed by atoms with Crippen LogP contribution in [0.1, 0.15) is 19.8 Å². The molecule has 0 aromatic heterocycles. The van der Waals surface area contributed by atoms with Crippen LogP contribution < -0.4 is 5.32 Å². The molecule has 1 N–H and O–H groups in total. The minimum absolute atomic E-state index is 0.0198. The first kappa shape index (κ1) is 16.2. The molecule has 5 heteroatoms. The Morgan fingerprint density at radius 2 is 1.90 bits per heavy atom. The van der Waals surface area contributed by atoms with Gasteiger partial charge in [-0.15, -0.1) is 0 Å². The lowest BCUT2D eigenvalue weighted by Crippen LogP contribution is -2.33. The van der Waals surface area contributed by atoms with Crippen LogP contribution in [-0.4, -0.2) is 43.5 Å². The molecule has 0 unspecified atom stereocenters. The van der Waals surface area contributed by atoms with Crippen LogP contribution in [0.25, 0.3) is 0 Å². The van der Waals surface area contributed by atoms with Gasteiger partial charge in [0.1, 0.15) is 0 Å². The van der Waals surface area contributed by atoms with Crippen molar-refractivity contribution in [3.05, 3.63) is 30.3 Å². The van der Waals surface area contributed by atoms with Gasteiger partial charge in [0.25, 0.3) is 0 Å². The molecule has 0 heterocycles. The molecule has 1 aromatic rings. The van der Waals surface area contributed by atoms with Crippen LogP contribution in [-0.2, 0) is 14.3 Å². The fraction of sp³-hybridized carbons (Fsp3) is 0.467. The summed E-state index contributed by atoms with van der Waals surface area (Å²) in [7, 11) is 1.63. The molecule has 0 spiro atoms. The Kier molecular flexibility index (Phi) is 7.35. The summed E-state index contributed by atoms with van der Waals surface area (Å²) in [6.45, 7) is 3.17. The van der Waals surface area contributed by atoms with Crippen molar-refractivity contribution in [2.75, 3.05) is 32.1 Å². The van der Waals surface area contributed by atoms with Crippen molar-refractivity contribution in [2.24, 2.45) is 0 Å². The summed E-state index contributed by atoms with van der Waals surface area (Å²) < 4.78 is 4.96. The Morgan fingerprint density at radius 3 is 2.50 bits per heavy atom. The predicted molar refractivity (Wildman–Crippen MR) is 78.4 cm³/mol. The maximum Gasteiger partial charge on any atom is 0.226 e. The molecule has 0 aliphatic carbocycles. The first-order valence-electron chi connectivity index (χ1n) is 6.73. The molecule has 0 atom stereocenters. The number of carbonyl (C=O) groups excluding carboxylic acids is 2. The van der Waals surface area contributed by atoms with Crippen LogP contribution in [0.15, 0.2) is 30.3 Å². The van der Waals surface area contributed by atoms with E-state index >= 15 is 0 Å². The summed E-state index contributed by atoms with van der Waals surface area (Å²) in [6, 6.07) is 9.28. The smallest absolute Gasteiger partial charge is 0.226 e. The topological polar surface area (TPSA) is 58.6 Å². The van der Waals surface area contributed by atoms with Gasteiger partial charge < -0.3 is 15.0 Å². The number of rotatable bonds is 8. The lowest BCUT2D eigenvalue weighted by Gasteiger charge is -2.20. The molecule has 0 radical (unpaired) electrons. The van der Waals surface area contributed by atoms with Crippen LogP contribution in [0.3, 0.4) is 0 Å². The number of methoxy groups -OCH3 is 1. The fourth-order valence-electron chi connectivity index (χ4n) is 1.81. The van der Waals surface area contributed by atoms with Gasteiger partial charge in [0.05, 0.1) is 0 Å². The van der Waals surface area contributed by atoms with E-state index in [1.54, 1.807) is 12.0 Å². The summed E-state index contributed by atoms with van der Waals surface area (Å²) in [5, 5.41) is 2.80. The van der Waals surface area contributed by atoms with Gasteiger partial charge in [-0.25, -0.2) is 0 Å². The zero-order chi connectivity index (χ0) is 14.8. The molecule has 0 aliphatic heterocycles. The average Bonchev–Trinajstić information content (AvgIpc) is 2.43. The van der Waals surface area contributed by atoms with E-state index in [4.69, 9.17) is 4.74 Å². The summed E-state index contributed by atoms with van der Waals surface area (Å²) in [5.41, 5.74) is 0.770. The zero-order valence-electron chi connectivity index (χ0n) is 12.1. The van der Waals surface area contributed by atoms with Crippen LogP contribution in [0.2, 0.25) is 0 Å². The molecule has 0 aliphatic rings. The van der Waals surface area contributed by atoms with E-state index in [2.05, 4.69) is 5.32 Å². The minimum atomic E-state index is -0.0887. The number of carbonyl (C=O) groups is 2. The van der Waals surface area contributed by atoms with Crippen molar-refractivity contribution in [1.29, 1.82) is 0 Å². The summed E-state index contributed by atoms with van der Waals surface area (Å²) in [6.07, 6.45) is 1.07. The lowest BCUT2D eigenvalue weighted by molar-refractivity contribution is -0.129. The second-order valence-electron chi connectivity index (χ2n) is 4.52. The first-order valence-corrected chi connectivity index (χ1v) is 6.73. The third kappa shape index (κ3) is 6.33. The molecular weight excluding hydrogens is 256 g/mol. The quantitative estimate of drug-likeness (QED) is 0.739. The van der Waals surface area contributed by atoms with Gasteiger partial charge in [-0.3, -0.25) is 9.59 Å². The highest BCUT2D eigenvalue weighted by Crippen LogP contribution is 2.06. The molecule has 5 nitrogen and oxygen atoms in total. The second-order valence-corrected chi connectivity index (χ2v) is 4.52. The molecule has 0 bridgehead atoms.